The first-order valence-corrected chi connectivity index (χ1v) is 11.0. The van der Waals surface area contributed by atoms with Crippen LogP contribution in [0.5, 0.6) is 0 Å². The van der Waals surface area contributed by atoms with Crippen LogP contribution in [0.25, 0.3) is 10.9 Å². The molecule has 1 aliphatic rings. The van der Waals surface area contributed by atoms with Crippen molar-refractivity contribution < 1.29 is 30.6 Å². The third-order valence-electron chi connectivity index (χ3n) is 5.02. The van der Waals surface area contributed by atoms with E-state index in [1.54, 1.807) is 36.4 Å². The SMILES string of the molecule is CC(c1cccc2cc(S(=O)(=O)c3ccccc3)cnc12)=[N+]1CCCC1.FB(F)F.[F-]. The molecule has 31 heavy (non-hydrogen) atoms. The number of aromatic nitrogens is 1. The summed E-state index contributed by atoms with van der Waals surface area (Å²) in [6.07, 6.45) is 3.91. The number of rotatable bonds is 3. The first kappa shape index (κ1) is 24.5. The molecule has 4 nitrogen and oxygen atoms in total. The summed E-state index contributed by atoms with van der Waals surface area (Å²) in [5.41, 5.74) is 3.14. The summed E-state index contributed by atoms with van der Waals surface area (Å²) in [6, 6.07) is 16.2. The number of hydrogen-bond acceptors (Lipinski definition) is 3. The quantitative estimate of drug-likeness (QED) is 0.345. The molecular formula is C21H21BF4N2O2S. The normalized spacial score (nSPS) is 13.2. The van der Waals surface area contributed by atoms with Crippen molar-refractivity contribution in [1.29, 1.82) is 0 Å². The largest absolute Gasteiger partial charge is 1.00 e. The third-order valence-corrected chi connectivity index (χ3v) is 6.76. The lowest BCUT2D eigenvalue weighted by atomic mass is 10.1. The Balaban J connectivity index is 0.000000631. The van der Waals surface area contributed by atoms with E-state index >= 15 is 0 Å². The molecule has 1 saturated heterocycles. The van der Waals surface area contributed by atoms with Crippen LogP contribution >= 0.6 is 0 Å². The highest BCUT2D eigenvalue weighted by atomic mass is 32.2. The molecule has 1 aliphatic heterocycles. The van der Waals surface area contributed by atoms with E-state index in [9.17, 15) is 21.4 Å². The molecule has 1 fully saturated rings. The van der Waals surface area contributed by atoms with Gasteiger partial charge in [-0.05, 0) is 24.3 Å². The van der Waals surface area contributed by atoms with Crippen LogP contribution < -0.4 is 4.70 Å². The van der Waals surface area contributed by atoms with E-state index in [4.69, 9.17) is 0 Å². The van der Waals surface area contributed by atoms with E-state index in [-0.39, 0.29) is 14.5 Å². The molecule has 2 aromatic carbocycles. The van der Waals surface area contributed by atoms with Crippen molar-refractivity contribution >= 4 is 34.0 Å². The zero-order chi connectivity index (χ0) is 21.7. The van der Waals surface area contributed by atoms with Crippen molar-refractivity contribution in [3.8, 4) is 0 Å². The van der Waals surface area contributed by atoms with Crippen LogP contribution in [-0.4, -0.2) is 44.3 Å². The predicted molar refractivity (Wildman–Crippen MR) is 112 cm³/mol. The molecule has 0 unspecified atom stereocenters. The van der Waals surface area contributed by atoms with E-state index in [0.717, 1.165) is 29.6 Å². The molecule has 164 valence electrons. The van der Waals surface area contributed by atoms with Crippen LogP contribution in [0.2, 0.25) is 0 Å². The van der Waals surface area contributed by atoms with E-state index in [1.165, 1.54) is 24.8 Å². The fraction of sp³-hybridized carbons (Fsp3) is 0.238. The van der Waals surface area contributed by atoms with Gasteiger partial charge in [0.05, 0.1) is 20.9 Å². The number of fused-ring (bicyclic) bond motifs is 1. The first-order valence-electron chi connectivity index (χ1n) is 9.50. The van der Waals surface area contributed by atoms with Gasteiger partial charge >= 0.3 is 7.54 Å². The van der Waals surface area contributed by atoms with Gasteiger partial charge in [-0.2, -0.15) is 0 Å². The number of benzene rings is 2. The zero-order valence-electron chi connectivity index (χ0n) is 16.8. The van der Waals surface area contributed by atoms with Gasteiger partial charge in [-0.3, -0.25) is 17.9 Å². The number of halogens is 4. The van der Waals surface area contributed by atoms with E-state index in [1.807, 2.05) is 12.1 Å². The van der Waals surface area contributed by atoms with Crippen LogP contribution in [0.3, 0.4) is 0 Å². The Kier molecular flexibility index (Phi) is 8.32. The number of sulfone groups is 1. The standard InChI is InChI=1S/C21H21N2O2S.BF3.FH/c1-16(23-12-5-6-13-23)20-11-7-8-17-14-19(15-22-21(17)20)26(24,25)18-9-3-2-4-10-18;2-1(3)4;/h2-4,7-11,14-15H,5-6,12-13H2,1H3;;1H/q+1;;/p-1. The molecule has 0 atom stereocenters. The maximum absolute atomic E-state index is 12.9. The number of nitrogens with zero attached hydrogens (tertiary/aromatic N) is 2. The minimum atomic E-state index is -3.67. The molecule has 3 aromatic rings. The number of pyridine rings is 1. The summed E-state index contributed by atoms with van der Waals surface area (Å²) >= 11 is 0. The Morgan fingerprint density at radius 2 is 1.58 bits per heavy atom. The van der Waals surface area contributed by atoms with Crippen molar-refractivity contribution in [3.63, 3.8) is 0 Å². The predicted octanol–water partition coefficient (Wildman–Crippen LogP) is 1.57. The van der Waals surface area contributed by atoms with Gasteiger partial charge in [-0.25, -0.2) is 13.0 Å². The molecule has 0 radical (unpaired) electrons. The van der Waals surface area contributed by atoms with Crippen molar-refractivity contribution in [2.45, 2.75) is 29.6 Å². The monoisotopic (exact) mass is 452 g/mol. The highest BCUT2D eigenvalue weighted by molar-refractivity contribution is 7.91. The van der Waals surface area contributed by atoms with Gasteiger partial charge in [0.2, 0.25) is 9.84 Å². The van der Waals surface area contributed by atoms with Gasteiger partial charge in [0.25, 0.3) is 0 Å². The maximum atomic E-state index is 12.9. The van der Waals surface area contributed by atoms with Crippen LogP contribution in [-0.2, 0) is 9.84 Å². The highest BCUT2D eigenvalue weighted by Crippen LogP contribution is 2.25. The number of para-hydroxylation sites is 1. The van der Waals surface area contributed by atoms with Gasteiger partial charge < -0.3 is 4.70 Å². The Hall–Kier alpha value is -2.75. The molecular weight excluding hydrogens is 431 g/mol. The number of hydrogen-bond donors (Lipinski definition) is 0. The van der Waals surface area contributed by atoms with Crippen LogP contribution in [0, 0.1) is 0 Å². The third kappa shape index (κ3) is 5.69. The van der Waals surface area contributed by atoms with Crippen molar-refractivity contribution in [2.24, 2.45) is 0 Å². The van der Waals surface area contributed by atoms with Gasteiger partial charge in [0.1, 0.15) is 13.1 Å². The molecule has 0 N–H and O–H groups in total. The molecule has 10 heteroatoms. The molecule has 0 saturated carbocycles. The maximum Gasteiger partial charge on any atom is 0.762 e. The smallest absolute Gasteiger partial charge is 0.762 e. The first-order chi connectivity index (χ1) is 14.3. The van der Waals surface area contributed by atoms with Gasteiger partial charge in [0, 0.05) is 31.3 Å². The average molecular weight is 452 g/mol. The molecule has 0 spiro atoms. The molecule has 1 aromatic heterocycles. The summed E-state index contributed by atoms with van der Waals surface area (Å²) in [5, 5.41) is 0.845. The topological polar surface area (TPSA) is 50.0 Å². The van der Waals surface area contributed by atoms with Crippen LogP contribution in [0.1, 0.15) is 25.3 Å². The molecule has 0 amide bonds. The Labute approximate surface area is 179 Å². The van der Waals surface area contributed by atoms with Crippen molar-refractivity contribution in [3.05, 3.63) is 66.4 Å². The Morgan fingerprint density at radius 3 is 2.19 bits per heavy atom. The lowest BCUT2D eigenvalue weighted by Crippen LogP contribution is -3.00. The minimum Gasteiger partial charge on any atom is -1.00 e. The van der Waals surface area contributed by atoms with E-state index < -0.39 is 17.4 Å². The summed E-state index contributed by atoms with van der Waals surface area (Å²) in [6.45, 7) is 4.27. The van der Waals surface area contributed by atoms with Gasteiger partial charge in [0.15, 0.2) is 5.71 Å². The highest BCUT2D eigenvalue weighted by Gasteiger charge is 2.22. The fourth-order valence-electron chi connectivity index (χ4n) is 3.54. The second-order valence-electron chi connectivity index (χ2n) is 6.89. The van der Waals surface area contributed by atoms with Crippen molar-refractivity contribution in [1.82, 2.24) is 4.98 Å². The summed E-state index contributed by atoms with van der Waals surface area (Å²) in [4.78, 5) is 5.06. The molecule has 0 aliphatic carbocycles. The second kappa shape index (κ2) is 10.5. The Bertz CT molecular complexity index is 1160. The second-order valence-corrected chi connectivity index (χ2v) is 8.84. The van der Waals surface area contributed by atoms with Gasteiger partial charge in [-0.1, -0.05) is 30.3 Å². The fourth-order valence-corrected chi connectivity index (χ4v) is 4.80. The lowest BCUT2D eigenvalue weighted by molar-refractivity contribution is -0.505. The summed E-state index contributed by atoms with van der Waals surface area (Å²) in [5.74, 6) is 0. The van der Waals surface area contributed by atoms with Crippen molar-refractivity contribution in [2.75, 3.05) is 13.1 Å². The summed E-state index contributed by atoms with van der Waals surface area (Å²) < 4.78 is 57.1. The van der Waals surface area contributed by atoms with Crippen LogP contribution in [0.4, 0.5) is 12.9 Å². The molecule has 4 rings (SSSR count). The summed E-state index contributed by atoms with van der Waals surface area (Å²) in [7, 11) is -7.23. The molecule has 0 bridgehead atoms. The molecule has 2 heterocycles. The average Bonchev–Trinajstić information content (AvgIpc) is 3.27. The zero-order valence-corrected chi connectivity index (χ0v) is 17.6. The van der Waals surface area contributed by atoms with Gasteiger partial charge in [-0.15, -0.1) is 0 Å². The van der Waals surface area contributed by atoms with E-state index in [2.05, 4.69) is 22.5 Å². The van der Waals surface area contributed by atoms with Crippen LogP contribution in [0.15, 0.2) is 70.6 Å². The minimum absolute atomic E-state index is 0. The van der Waals surface area contributed by atoms with E-state index in [0.29, 0.717) is 0 Å². The Morgan fingerprint density at radius 1 is 0.968 bits per heavy atom. The lowest BCUT2D eigenvalue weighted by Gasteiger charge is -2.08.